The molecule has 1 aliphatic heterocycles. The molecule has 2 rings (SSSR count). The molecule has 0 atom stereocenters. The number of aromatic nitrogens is 2. The molecule has 1 aromatic heterocycles. The third-order valence-electron chi connectivity index (χ3n) is 3.88. The number of nitrogens with one attached hydrogen (secondary N) is 1. The topological polar surface area (TPSA) is 39.1 Å². The van der Waals surface area contributed by atoms with E-state index in [2.05, 4.69) is 37.6 Å². The van der Waals surface area contributed by atoms with Crippen molar-refractivity contribution in [2.45, 2.75) is 72.6 Å². The largest absolute Gasteiger partial charge is 0.379 e. The lowest BCUT2D eigenvalue weighted by Gasteiger charge is -2.17. The first kappa shape index (κ1) is 16.5. The third-order valence-corrected chi connectivity index (χ3v) is 3.88. The summed E-state index contributed by atoms with van der Waals surface area (Å²) in [5.74, 6) is 1.94. The fourth-order valence-corrected chi connectivity index (χ4v) is 2.90. The fourth-order valence-electron chi connectivity index (χ4n) is 2.90. The van der Waals surface area contributed by atoms with E-state index in [1.807, 2.05) is 0 Å². The van der Waals surface area contributed by atoms with Gasteiger partial charge in [-0.05, 0) is 32.6 Å². The molecule has 1 aliphatic rings. The van der Waals surface area contributed by atoms with Crippen LogP contribution in [0.4, 0.5) is 0 Å². The third kappa shape index (κ3) is 4.82. The highest BCUT2D eigenvalue weighted by Gasteiger charge is 2.19. The molecule has 0 unspecified atom stereocenters. The van der Waals surface area contributed by atoms with Gasteiger partial charge in [-0.3, -0.25) is 0 Å². The predicted octanol–water partition coefficient (Wildman–Crippen LogP) is 2.93. The van der Waals surface area contributed by atoms with Crippen LogP contribution in [0, 0.1) is 5.92 Å². The summed E-state index contributed by atoms with van der Waals surface area (Å²) in [5.41, 5.74) is 2.74. The summed E-state index contributed by atoms with van der Waals surface area (Å²) >= 11 is 0. The first-order chi connectivity index (χ1) is 10.1. The zero-order valence-corrected chi connectivity index (χ0v) is 14.1. The fraction of sp³-hybridized carbons (Fsp3) is 0.824. The molecule has 0 amide bonds. The molecule has 0 aliphatic carbocycles. The average Bonchev–Trinajstić information content (AvgIpc) is 2.75. The maximum absolute atomic E-state index is 5.63. The van der Waals surface area contributed by atoms with Gasteiger partial charge in [0, 0.05) is 44.8 Å². The Morgan fingerprint density at radius 2 is 2.05 bits per heavy atom. The molecule has 0 saturated heterocycles. The van der Waals surface area contributed by atoms with E-state index < -0.39 is 0 Å². The van der Waals surface area contributed by atoms with Crippen LogP contribution < -0.4 is 5.32 Å². The zero-order valence-electron chi connectivity index (χ0n) is 14.1. The van der Waals surface area contributed by atoms with Crippen LogP contribution in [0.5, 0.6) is 0 Å². The molecule has 4 heteroatoms. The van der Waals surface area contributed by atoms with E-state index in [0.717, 1.165) is 45.5 Å². The quantitative estimate of drug-likeness (QED) is 0.749. The standard InChI is InChI=1S/C17H31N3O/c1-13(2)11-17-19-15-12-18-8-7-16(15)20(17)9-5-6-10-21-14(3)4/h13-14,18H,5-12H2,1-4H3. The number of imidazole rings is 1. The lowest BCUT2D eigenvalue weighted by molar-refractivity contribution is 0.0753. The van der Waals surface area contributed by atoms with Crippen molar-refractivity contribution in [3.8, 4) is 0 Å². The first-order valence-corrected chi connectivity index (χ1v) is 8.47. The van der Waals surface area contributed by atoms with Gasteiger partial charge in [-0.2, -0.15) is 0 Å². The molecular formula is C17H31N3O. The van der Waals surface area contributed by atoms with Gasteiger partial charge in [0.05, 0.1) is 11.8 Å². The maximum atomic E-state index is 5.63. The molecule has 1 N–H and O–H groups in total. The Morgan fingerprint density at radius 3 is 2.76 bits per heavy atom. The van der Waals surface area contributed by atoms with E-state index in [9.17, 15) is 0 Å². The molecule has 4 nitrogen and oxygen atoms in total. The minimum atomic E-state index is 0.341. The second-order valence-electron chi connectivity index (χ2n) is 6.72. The summed E-state index contributed by atoms with van der Waals surface area (Å²) in [5, 5.41) is 3.43. The van der Waals surface area contributed by atoms with E-state index in [0.29, 0.717) is 12.0 Å². The van der Waals surface area contributed by atoms with Crippen LogP contribution in [0.15, 0.2) is 0 Å². The molecule has 0 bridgehead atoms. The van der Waals surface area contributed by atoms with Crippen LogP contribution in [0.25, 0.3) is 0 Å². The normalized spacial score (nSPS) is 15.0. The molecule has 21 heavy (non-hydrogen) atoms. The van der Waals surface area contributed by atoms with E-state index in [1.54, 1.807) is 0 Å². The van der Waals surface area contributed by atoms with E-state index in [4.69, 9.17) is 9.72 Å². The van der Waals surface area contributed by atoms with Gasteiger partial charge in [-0.1, -0.05) is 13.8 Å². The van der Waals surface area contributed by atoms with Crippen LogP contribution in [-0.4, -0.2) is 28.8 Å². The van der Waals surface area contributed by atoms with Gasteiger partial charge in [0.25, 0.3) is 0 Å². The van der Waals surface area contributed by atoms with E-state index >= 15 is 0 Å². The van der Waals surface area contributed by atoms with Crippen molar-refractivity contribution in [2.24, 2.45) is 5.92 Å². The molecule has 0 fully saturated rings. The summed E-state index contributed by atoms with van der Waals surface area (Å²) in [4.78, 5) is 4.89. The monoisotopic (exact) mass is 293 g/mol. The minimum absolute atomic E-state index is 0.341. The smallest absolute Gasteiger partial charge is 0.109 e. The molecule has 0 aromatic carbocycles. The van der Waals surface area contributed by atoms with Gasteiger partial charge in [0.15, 0.2) is 0 Å². The predicted molar refractivity (Wildman–Crippen MR) is 86.5 cm³/mol. The minimum Gasteiger partial charge on any atom is -0.379 e. The Kier molecular flexibility index (Phi) is 6.24. The molecule has 0 radical (unpaired) electrons. The Morgan fingerprint density at radius 1 is 1.24 bits per heavy atom. The van der Waals surface area contributed by atoms with Crippen LogP contribution in [0.1, 0.15) is 57.7 Å². The van der Waals surface area contributed by atoms with Gasteiger partial charge in [0.2, 0.25) is 0 Å². The van der Waals surface area contributed by atoms with Crippen molar-refractivity contribution >= 4 is 0 Å². The van der Waals surface area contributed by atoms with Gasteiger partial charge < -0.3 is 14.6 Å². The van der Waals surface area contributed by atoms with Crippen molar-refractivity contribution in [1.82, 2.24) is 14.9 Å². The number of hydrogen-bond acceptors (Lipinski definition) is 3. The summed E-state index contributed by atoms with van der Waals surface area (Å²) in [6, 6.07) is 0. The molecule has 0 spiro atoms. The Balaban J connectivity index is 1.97. The van der Waals surface area contributed by atoms with Crippen LogP contribution in [0.2, 0.25) is 0 Å². The summed E-state index contributed by atoms with van der Waals surface area (Å²) in [6.45, 7) is 12.7. The zero-order chi connectivity index (χ0) is 15.2. The van der Waals surface area contributed by atoms with Gasteiger partial charge in [-0.25, -0.2) is 4.98 Å². The van der Waals surface area contributed by atoms with Crippen molar-refractivity contribution in [3.05, 3.63) is 17.2 Å². The SMILES string of the molecule is CC(C)Cc1nc2c(n1CCCCOC(C)C)CCNC2. The van der Waals surface area contributed by atoms with Crippen molar-refractivity contribution in [2.75, 3.05) is 13.2 Å². The maximum Gasteiger partial charge on any atom is 0.109 e. The molecule has 120 valence electrons. The highest BCUT2D eigenvalue weighted by atomic mass is 16.5. The van der Waals surface area contributed by atoms with Crippen molar-refractivity contribution in [1.29, 1.82) is 0 Å². The summed E-state index contributed by atoms with van der Waals surface area (Å²) in [7, 11) is 0. The molecular weight excluding hydrogens is 262 g/mol. The van der Waals surface area contributed by atoms with Gasteiger partial charge in [-0.15, -0.1) is 0 Å². The second kappa shape index (κ2) is 7.95. The van der Waals surface area contributed by atoms with Crippen LogP contribution in [0.3, 0.4) is 0 Å². The number of fused-ring (bicyclic) bond motifs is 1. The number of unbranched alkanes of at least 4 members (excludes halogenated alkanes) is 1. The van der Waals surface area contributed by atoms with Gasteiger partial charge in [0.1, 0.15) is 5.82 Å². The van der Waals surface area contributed by atoms with Crippen LogP contribution >= 0.6 is 0 Å². The van der Waals surface area contributed by atoms with E-state index in [1.165, 1.54) is 23.6 Å². The molecule has 1 aromatic rings. The van der Waals surface area contributed by atoms with Crippen molar-refractivity contribution < 1.29 is 4.74 Å². The van der Waals surface area contributed by atoms with Gasteiger partial charge >= 0.3 is 0 Å². The number of nitrogens with zero attached hydrogens (tertiary/aromatic N) is 2. The highest BCUT2D eigenvalue weighted by Crippen LogP contribution is 2.19. The first-order valence-electron chi connectivity index (χ1n) is 8.47. The Labute approximate surface area is 129 Å². The molecule has 0 saturated carbocycles. The highest BCUT2D eigenvalue weighted by molar-refractivity contribution is 5.20. The van der Waals surface area contributed by atoms with E-state index in [-0.39, 0.29) is 0 Å². The average molecular weight is 293 g/mol. The Hall–Kier alpha value is -0.870. The van der Waals surface area contributed by atoms with Crippen molar-refractivity contribution in [3.63, 3.8) is 0 Å². The number of rotatable bonds is 8. The second-order valence-corrected chi connectivity index (χ2v) is 6.72. The molecule has 2 heterocycles. The lowest BCUT2D eigenvalue weighted by atomic mass is 10.1. The number of hydrogen-bond donors (Lipinski definition) is 1. The van der Waals surface area contributed by atoms with Crippen LogP contribution in [-0.2, 0) is 30.7 Å². The summed E-state index contributed by atoms with van der Waals surface area (Å²) in [6.07, 6.45) is 4.84. The lowest BCUT2D eigenvalue weighted by Crippen LogP contribution is -2.25. The summed E-state index contributed by atoms with van der Waals surface area (Å²) < 4.78 is 8.13. The Bertz CT molecular complexity index is 437. The number of ether oxygens (including phenoxy) is 1.